The number of imidazole rings is 1. The van der Waals surface area contributed by atoms with E-state index in [1.54, 1.807) is 4.40 Å². The van der Waals surface area contributed by atoms with Crippen LogP contribution in [0.1, 0.15) is 53.2 Å². The van der Waals surface area contributed by atoms with Crippen LogP contribution >= 0.6 is 0 Å². The van der Waals surface area contributed by atoms with Crippen LogP contribution in [0.25, 0.3) is 16.6 Å². The summed E-state index contributed by atoms with van der Waals surface area (Å²) in [5, 5.41) is 2.86. The van der Waals surface area contributed by atoms with Gasteiger partial charge in [0, 0.05) is 30.8 Å². The van der Waals surface area contributed by atoms with Crippen molar-refractivity contribution >= 4 is 34.0 Å². The van der Waals surface area contributed by atoms with E-state index in [4.69, 9.17) is 10.5 Å². The SMILES string of the molecule is CN(C(=O)c1cc2c(cc1F)nc(N)c1cncn12)C1COc2cc(NC3CCC(=C(F)F)CC3)c(C(F)(F)F)cc21. The van der Waals surface area contributed by atoms with E-state index < -0.39 is 41.6 Å². The second-order valence-electron chi connectivity index (χ2n) is 10.4. The Bertz CT molecular complexity index is 1750. The Morgan fingerprint density at radius 2 is 1.88 bits per heavy atom. The lowest BCUT2D eigenvalue weighted by Crippen LogP contribution is -2.33. The van der Waals surface area contributed by atoms with Crippen molar-refractivity contribution in [2.75, 3.05) is 24.7 Å². The smallest absolute Gasteiger partial charge is 0.418 e. The minimum Gasteiger partial charge on any atom is -0.491 e. The van der Waals surface area contributed by atoms with Crippen molar-refractivity contribution in [1.82, 2.24) is 19.3 Å². The number of aromatic nitrogens is 3. The molecule has 1 unspecified atom stereocenters. The number of nitrogens with one attached hydrogen (secondary N) is 1. The first-order valence-electron chi connectivity index (χ1n) is 13.1. The number of carbonyl (C=O) groups is 1. The summed E-state index contributed by atoms with van der Waals surface area (Å²) in [5.74, 6) is -1.38. The first kappa shape index (κ1) is 27.7. The van der Waals surface area contributed by atoms with Crippen molar-refractivity contribution in [3.05, 3.63) is 71.0 Å². The second-order valence-corrected chi connectivity index (χ2v) is 10.4. The Balaban J connectivity index is 1.31. The fourth-order valence-corrected chi connectivity index (χ4v) is 5.63. The number of nitrogens with two attached hydrogens (primary N) is 1. The molecule has 3 heterocycles. The Morgan fingerprint density at radius 3 is 2.57 bits per heavy atom. The molecule has 0 saturated heterocycles. The topological polar surface area (TPSA) is 97.8 Å². The summed E-state index contributed by atoms with van der Waals surface area (Å²) in [6.07, 6.45) is -2.87. The van der Waals surface area contributed by atoms with E-state index in [1.807, 2.05) is 0 Å². The molecule has 2 aliphatic rings. The van der Waals surface area contributed by atoms with Crippen molar-refractivity contribution in [2.45, 2.75) is 43.9 Å². The van der Waals surface area contributed by atoms with Gasteiger partial charge in [-0.05, 0) is 43.4 Å². The summed E-state index contributed by atoms with van der Waals surface area (Å²) in [5.41, 5.74) is 5.56. The van der Waals surface area contributed by atoms with E-state index in [-0.39, 0.29) is 71.8 Å². The number of anilines is 2. The van der Waals surface area contributed by atoms with Crippen LogP contribution in [0, 0.1) is 5.82 Å². The van der Waals surface area contributed by atoms with Crippen LogP contribution in [0.3, 0.4) is 0 Å². The zero-order valence-electron chi connectivity index (χ0n) is 22.1. The molecule has 8 nitrogen and oxygen atoms in total. The molecule has 0 spiro atoms. The molecule has 14 heteroatoms. The van der Waals surface area contributed by atoms with Crippen LogP contribution in [0.5, 0.6) is 5.75 Å². The Labute approximate surface area is 234 Å². The molecule has 42 heavy (non-hydrogen) atoms. The molecule has 220 valence electrons. The molecule has 6 rings (SSSR count). The summed E-state index contributed by atoms with van der Waals surface area (Å²) in [6, 6.07) is 3.14. The number of nitrogen functional groups attached to an aromatic ring is 1. The summed E-state index contributed by atoms with van der Waals surface area (Å²) >= 11 is 0. The normalized spacial score (nSPS) is 18.7. The van der Waals surface area contributed by atoms with Gasteiger partial charge in [0.1, 0.15) is 29.5 Å². The van der Waals surface area contributed by atoms with Gasteiger partial charge >= 0.3 is 6.18 Å². The first-order chi connectivity index (χ1) is 19.9. The van der Waals surface area contributed by atoms with Crippen molar-refractivity contribution in [3.63, 3.8) is 0 Å². The zero-order chi connectivity index (χ0) is 29.9. The highest BCUT2D eigenvalue weighted by Gasteiger charge is 2.40. The van der Waals surface area contributed by atoms with E-state index in [1.165, 1.54) is 31.7 Å². The van der Waals surface area contributed by atoms with Gasteiger partial charge in [-0.25, -0.2) is 14.4 Å². The van der Waals surface area contributed by atoms with Gasteiger partial charge in [-0.1, -0.05) is 0 Å². The maximum Gasteiger partial charge on any atom is 0.418 e. The summed E-state index contributed by atoms with van der Waals surface area (Å²) < 4.78 is 90.7. The molecule has 1 amide bonds. The third-order valence-corrected chi connectivity index (χ3v) is 7.91. The largest absolute Gasteiger partial charge is 0.491 e. The number of likely N-dealkylation sites (N-methyl/N-ethyl adjacent to an activating group) is 1. The number of rotatable bonds is 4. The van der Waals surface area contributed by atoms with E-state index in [2.05, 4.69) is 15.3 Å². The lowest BCUT2D eigenvalue weighted by atomic mass is 9.91. The van der Waals surface area contributed by atoms with Crippen molar-refractivity contribution in [1.29, 1.82) is 0 Å². The number of allylic oxidation sites excluding steroid dienone is 1. The number of hydrogen-bond donors (Lipinski definition) is 2. The highest BCUT2D eigenvalue weighted by Crippen LogP contribution is 2.45. The number of carbonyl (C=O) groups excluding carboxylic acids is 1. The van der Waals surface area contributed by atoms with Crippen molar-refractivity contribution < 1.29 is 35.9 Å². The summed E-state index contributed by atoms with van der Waals surface area (Å²) in [6.45, 7) is -0.148. The minimum atomic E-state index is -4.76. The Kier molecular flexibility index (Phi) is 6.65. The van der Waals surface area contributed by atoms with Gasteiger partial charge in [0.05, 0.1) is 46.4 Å². The molecule has 1 atom stereocenters. The number of benzene rings is 2. The molecular weight excluding hydrogens is 566 g/mol. The maximum atomic E-state index is 15.1. The third kappa shape index (κ3) is 4.73. The molecule has 1 aliphatic heterocycles. The summed E-state index contributed by atoms with van der Waals surface area (Å²) in [4.78, 5) is 22.8. The number of fused-ring (bicyclic) bond motifs is 4. The fraction of sp³-hybridized carbons (Fsp3) is 0.321. The lowest BCUT2D eigenvalue weighted by molar-refractivity contribution is -0.137. The number of halogens is 6. The number of alkyl halides is 3. The van der Waals surface area contributed by atoms with E-state index in [0.717, 1.165) is 17.0 Å². The Morgan fingerprint density at radius 1 is 1.14 bits per heavy atom. The molecule has 2 aromatic heterocycles. The van der Waals surface area contributed by atoms with Crippen LogP contribution in [0.15, 0.2) is 48.4 Å². The predicted molar refractivity (Wildman–Crippen MR) is 142 cm³/mol. The van der Waals surface area contributed by atoms with Crippen molar-refractivity contribution in [3.8, 4) is 5.75 Å². The number of hydrogen-bond acceptors (Lipinski definition) is 6. The van der Waals surface area contributed by atoms with Crippen LogP contribution in [0.4, 0.5) is 37.8 Å². The third-order valence-electron chi connectivity index (χ3n) is 7.91. The molecule has 1 aliphatic carbocycles. The average molecular weight is 591 g/mol. The second kappa shape index (κ2) is 10.1. The fourth-order valence-electron chi connectivity index (χ4n) is 5.63. The predicted octanol–water partition coefficient (Wildman–Crippen LogP) is 6.33. The average Bonchev–Trinajstić information content (AvgIpc) is 3.59. The minimum absolute atomic E-state index is 0.0228. The van der Waals surface area contributed by atoms with E-state index >= 15 is 4.39 Å². The molecular formula is C28H24F6N6O2. The van der Waals surface area contributed by atoms with Gasteiger partial charge in [0.2, 0.25) is 0 Å². The summed E-state index contributed by atoms with van der Waals surface area (Å²) in [7, 11) is 1.36. The quantitative estimate of drug-likeness (QED) is 0.270. The van der Waals surface area contributed by atoms with Crippen molar-refractivity contribution in [2.24, 2.45) is 0 Å². The monoisotopic (exact) mass is 590 g/mol. The van der Waals surface area contributed by atoms with E-state index in [9.17, 15) is 26.7 Å². The highest BCUT2D eigenvalue weighted by molar-refractivity contribution is 5.98. The first-order valence-corrected chi connectivity index (χ1v) is 13.1. The number of amides is 1. The highest BCUT2D eigenvalue weighted by atomic mass is 19.4. The molecule has 2 aromatic carbocycles. The van der Waals surface area contributed by atoms with Gasteiger partial charge in [0.15, 0.2) is 0 Å². The van der Waals surface area contributed by atoms with Gasteiger partial charge in [0.25, 0.3) is 12.0 Å². The van der Waals surface area contributed by atoms with Crippen LogP contribution < -0.4 is 15.8 Å². The molecule has 4 aromatic rings. The maximum absolute atomic E-state index is 15.1. The number of ether oxygens (including phenoxy) is 1. The van der Waals surface area contributed by atoms with Crippen LogP contribution in [-0.2, 0) is 6.18 Å². The zero-order valence-corrected chi connectivity index (χ0v) is 22.1. The van der Waals surface area contributed by atoms with Crippen LogP contribution in [0.2, 0.25) is 0 Å². The molecule has 0 bridgehead atoms. The molecule has 0 radical (unpaired) electrons. The number of nitrogens with zero attached hydrogens (tertiary/aromatic N) is 4. The van der Waals surface area contributed by atoms with Crippen LogP contribution in [-0.4, -0.2) is 44.9 Å². The van der Waals surface area contributed by atoms with Gasteiger partial charge < -0.3 is 20.7 Å². The Hall–Kier alpha value is -4.49. The van der Waals surface area contributed by atoms with Gasteiger partial charge in [-0.3, -0.25) is 9.20 Å². The van der Waals surface area contributed by atoms with E-state index in [0.29, 0.717) is 11.0 Å². The van der Waals surface area contributed by atoms with Gasteiger partial charge in [-0.2, -0.15) is 22.0 Å². The molecule has 1 saturated carbocycles. The molecule has 3 N–H and O–H groups in total. The lowest BCUT2D eigenvalue weighted by Gasteiger charge is -2.28. The van der Waals surface area contributed by atoms with Gasteiger partial charge in [-0.15, -0.1) is 0 Å². The standard InChI is InChI=1S/C28H24F6N6O2/c1-39(27(41)15-7-21-20(8-18(15)29)38-26(35)22-10-36-12-40(21)22)23-11-42-24-9-19(17(6-16(23)24)28(32,33)34)37-14-4-2-13(3-5-14)25(30)31/h6-10,12,14,23,37H,2-5,11H2,1H3,(H2,35,38). The molecule has 1 fully saturated rings.